The van der Waals surface area contributed by atoms with Gasteiger partial charge in [0.2, 0.25) is 0 Å². The van der Waals surface area contributed by atoms with Gasteiger partial charge in [-0.3, -0.25) is 4.79 Å². The fourth-order valence-corrected chi connectivity index (χ4v) is 4.15. The summed E-state index contributed by atoms with van der Waals surface area (Å²) >= 11 is 3.37. The van der Waals surface area contributed by atoms with Gasteiger partial charge in [0.1, 0.15) is 0 Å². The zero-order valence-electron chi connectivity index (χ0n) is 13.0. The van der Waals surface area contributed by atoms with Gasteiger partial charge in [-0.25, -0.2) is 8.42 Å². The number of benzene rings is 2. The van der Waals surface area contributed by atoms with Crippen molar-refractivity contribution in [3.05, 3.63) is 75.6 Å². The molecule has 1 aliphatic rings. The summed E-state index contributed by atoms with van der Waals surface area (Å²) in [4.78, 5) is 14.6. The van der Waals surface area contributed by atoms with Crippen molar-refractivity contribution in [2.45, 2.75) is 13.0 Å². The number of carbonyl (C=O) groups is 1. The first-order valence-corrected chi connectivity index (χ1v) is 9.93. The predicted octanol–water partition coefficient (Wildman–Crippen LogP) is 3.72. The summed E-state index contributed by atoms with van der Waals surface area (Å²) in [7, 11) is -3.26. The lowest BCUT2D eigenvalue weighted by Gasteiger charge is -2.28. The predicted molar refractivity (Wildman–Crippen MR) is 98.8 cm³/mol. The number of hydrogen-bond acceptors (Lipinski definition) is 3. The highest BCUT2D eigenvalue weighted by Crippen LogP contribution is 2.26. The van der Waals surface area contributed by atoms with E-state index in [2.05, 4.69) is 15.9 Å². The van der Waals surface area contributed by atoms with Gasteiger partial charge in [0, 0.05) is 21.1 Å². The third kappa shape index (κ3) is 3.60. The van der Waals surface area contributed by atoms with Gasteiger partial charge in [0.15, 0.2) is 9.84 Å². The van der Waals surface area contributed by atoms with Crippen molar-refractivity contribution >= 4 is 37.4 Å². The quantitative estimate of drug-likeness (QED) is 0.781. The molecule has 24 heavy (non-hydrogen) atoms. The normalized spacial score (nSPS) is 18.5. The smallest absolute Gasteiger partial charge is 0.258 e. The molecule has 2 aromatic carbocycles. The summed E-state index contributed by atoms with van der Waals surface area (Å²) in [5.41, 5.74) is 2.25. The van der Waals surface area contributed by atoms with E-state index in [-0.39, 0.29) is 11.7 Å². The maximum Gasteiger partial charge on any atom is 0.258 e. The molecular weight excluding hydrogens is 390 g/mol. The van der Waals surface area contributed by atoms with E-state index in [0.717, 1.165) is 10.0 Å². The summed E-state index contributed by atoms with van der Waals surface area (Å²) in [6, 6.07) is 14.0. The monoisotopic (exact) mass is 405 g/mol. The second kappa shape index (κ2) is 6.53. The lowest BCUT2D eigenvalue weighted by Crippen LogP contribution is -2.41. The highest BCUT2D eigenvalue weighted by Gasteiger charge is 2.31. The van der Waals surface area contributed by atoms with Crippen molar-refractivity contribution in [1.29, 1.82) is 0 Å². The van der Waals surface area contributed by atoms with Gasteiger partial charge >= 0.3 is 0 Å². The van der Waals surface area contributed by atoms with Crippen LogP contribution in [0.2, 0.25) is 0 Å². The molecule has 1 heterocycles. The molecule has 0 spiro atoms. The van der Waals surface area contributed by atoms with Crippen molar-refractivity contribution in [3.63, 3.8) is 0 Å². The van der Waals surface area contributed by atoms with Crippen LogP contribution in [0.1, 0.15) is 15.9 Å². The third-order valence-electron chi connectivity index (χ3n) is 3.86. The van der Waals surface area contributed by atoms with E-state index in [9.17, 15) is 13.2 Å². The fourth-order valence-electron chi connectivity index (χ4n) is 2.62. The number of rotatable bonds is 3. The van der Waals surface area contributed by atoms with Crippen molar-refractivity contribution < 1.29 is 13.2 Å². The Morgan fingerprint density at radius 1 is 1.08 bits per heavy atom. The first-order chi connectivity index (χ1) is 11.4. The van der Waals surface area contributed by atoms with Crippen LogP contribution in [0.15, 0.2) is 64.5 Å². The molecule has 4 nitrogen and oxygen atoms in total. The largest absolute Gasteiger partial charge is 0.300 e. The summed E-state index contributed by atoms with van der Waals surface area (Å²) < 4.78 is 24.5. The number of sulfone groups is 1. The van der Waals surface area contributed by atoms with Crippen molar-refractivity contribution in [1.82, 2.24) is 0 Å². The van der Waals surface area contributed by atoms with Crippen LogP contribution in [0.4, 0.5) is 5.69 Å². The molecule has 2 aromatic rings. The average Bonchev–Trinajstić information content (AvgIpc) is 2.90. The molecule has 0 saturated carbocycles. The molecule has 0 aromatic heterocycles. The maximum atomic E-state index is 13.0. The minimum atomic E-state index is -3.26. The first kappa shape index (κ1) is 16.9. The summed E-state index contributed by atoms with van der Waals surface area (Å²) in [5, 5.41) is 1.19. The van der Waals surface area contributed by atoms with Gasteiger partial charge in [0.05, 0.1) is 11.8 Å². The Morgan fingerprint density at radius 2 is 1.71 bits per heavy atom. The SMILES string of the molecule is Cc1ccc(C(=O)N(c2ccc(Br)cc2)C2C=CS(=O)(=O)C2)cc1. The third-order valence-corrected chi connectivity index (χ3v) is 5.77. The zero-order chi connectivity index (χ0) is 17.3. The van der Waals surface area contributed by atoms with Crippen LogP contribution in [-0.4, -0.2) is 26.1 Å². The van der Waals surface area contributed by atoms with Crippen LogP contribution in [-0.2, 0) is 9.84 Å². The number of amides is 1. The molecule has 0 saturated heterocycles. The topological polar surface area (TPSA) is 54.5 Å². The molecule has 0 N–H and O–H groups in total. The van der Waals surface area contributed by atoms with Crippen molar-refractivity contribution in [3.8, 4) is 0 Å². The molecule has 0 radical (unpaired) electrons. The number of aryl methyl sites for hydroxylation is 1. The van der Waals surface area contributed by atoms with E-state index in [1.54, 1.807) is 30.3 Å². The van der Waals surface area contributed by atoms with Crippen LogP contribution in [0.25, 0.3) is 0 Å². The Bertz CT molecular complexity index is 887. The lowest BCUT2D eigenvalue weighted by molar-refractivity contribution is 0.0983. The maximum absolute atomic E-state index is 13.0. The van der Waals surface area contributed by atoms with E-state index >= 15 is 0 Å². The first-order valence-electron chi connectivity index (χ1n) is 7.42. The van der Waals surface area contributed by atoms with E-state index in [1.165, 1.54) is 10.3 Å². The Labute approximate surface area is 149 Å². The second-order valence-corrected chi connectivity index (χ2v) is 8.59. The van der Waals surface area contributed by atoms with Crippen molar-refractivity contribution in [2.24, 2.45) is 0 Å². The number of hydrogen-bond donors (Lipinski definition) is 0. The molecule has 0 aliphatic carbocycles. The van der Waals surface area contributed by atoms with Gasteiger partial charge in [-0.15, -0.1) is 0 Å². The summed E-state index contributed by atoms with van der Waals surface area (Å²) in [6.45, 7) is 1.95. The fraction of sp³-hybridized carbons (Fsp3) is 0.167. The van der Waals surface area contributed by atoms with Crippen LogP contribution in [0, 0.1) is 6.92 Å². The molecule has 1 amide bonds. The van der Waals surface area contributed by atoms with Gasteiger partial charge in [-0.2, -0.15) is 0 Å². The number of nitrogens with zero attached hydrogens (tertiary/aromatic N) is 1. The van der Waals surface area contributed by atoms with Crippen LogP contribution >= 0.6 is 15.9 Å². The van der Waals surface area contributed by atoms with E-state index in [0.29, 0.717) is 11.3 Å². The van der Waals surface area contributed by atoms with Crippen LogP contribution in [0.3, 0.4) is 0 Å². The highest BCUT2D eigenvalue weighted by atomic mass is 79.9. The summed E-state index contributed by atoms with van der Waals surface area (Å²) in [5.74, 6) is -0.315. The second-order valence-electron chi connectivity index (χ2n) is 5.74. The minimum Gasteiger partial charge on any atom is -0.300 e. The molecule has 124 valence electrons. The number of carbonyl (C=O) groups excluding carboxylic acids is 1. The molecule has 1 atom stereocenters. The molecule has 6 heteroatoms. The van der Waals surface area contributed by atoms with Crippen molar-refractivity contribution in [2.75, 3.05) is 10.7 Å². The van der Waals surface area contributed by atoms with Gasteiger partial charge in [-0.05, 0) is 49.4 Å². The Kier molecular flexibility index (Phi) is 4.60. The molecule has 0 bridgehead atoms. The van der Waals surface area contributed by atoms with Gasteiger partial charge < -0.3 is 4.90 Å². The van der Waals surface area contributed by atoms with E-state index in [1.807, 2.05) is 31.2 Å². The van der Waals surface area contributed by atoms with E-state index in [4.69, 9.17) is 0 Å². The zero-order valence-corrected chi connectivity index (χ0v) is 15.4. The molecule has 3 rings (SSSR count). The Balaban J connectivity index is 2.01. The number of halogens is 1. The average molecular weight is 406 g/mol. The van der Waals surface area contributed by atoms with Gasteiger partial charge in [-0.1, -0.05) is 33.6 Å². The standard InChI is InChI=1S/C18H16BrNO3S/c1-13-2-4-14(5-3-13)18(21)20(16-8-6-15(19)7-9-16)17-10-11-24(22,23)12-17/h2-11,17H,12H2,1H3. The highest BCUT2D eigenvalue weighted by molar-refractivity contribution is 9.10. The number of anilines is 1. The Hall–Kier alpha value is -1.92. The Morgan fingerprint density at radius 3 is 2.25 bits per heavy atom. The summed E-state index contributed by atoms with van der Waals surface area (Å²) in [6.07, 6.45) is 1.57. The minimum absolute atomic E-state index is 0.0966. The molecule has 1 aliphatic heterocycles. The molecule has 1 unspecified atom stereocenters. The lowest BCUT2D eigenvalue weighted by atomic mass is 10.1. The molecular formula is C18H16BrNO3S. The van der Waals surface area contributed by atoms with Crippen LogP contribution in [0.5, 0.6) is 0 Å². The molecule has 0 fully saturated rings. The van der Waals surface area contributed by atoms with E-state index < -0.39 is 15.9 Å². The van der Waals surface area contributed by atoms with Crippen LogP contribution < -0.4 is 4.90 Å². The van der Waals surface area contributed by atoms with Gasteiger partial charge in [0.25, 0.3) is 5.91 Å².